The predicted molar refractivity (Wildman–Crippen MR) is 57.5 cm³/mol. The van der Waals surface area contributed by atoms with Crippen LogP contribution in [0.25, 0.3) is 0 Å². The first kappa shape index (κ1) is 10.5. The van der Waals surface area contributed by atoms with Gasteiger partial charge in [0.15, 0.2) is 5.82 Å². The summed E-state index contributed by atoms with van der Waals surface area (Å²) in [6.45, 7) is 8.45. The van der Waals surface area contributed by atoms with Gasteiger partial charge in [0.1, 0.15) is 0 Å². The van der Waals surface area contributed by atoms with Crippen LogP contribution in [0.1, 0.15) is 33.0 Å². The first-order valence-electron chi connectivity index (χ1n) is 5.56. The summed E-state index contributed by atoms with van der Waals surface area (Å²) in [5.41, 5.74) is -0.0703. The van der Waals surface area contributed by atoms with Crippen LogP contribution in [0.2, 0.25) is 0 Å². The predicted octanol–water partition coefficient (Wildman–Crippen LogP) is 0.580. The van der Waals surface area contributed by atoms with Gasteiger partial charge in [0.2, 0.25) is 0 Å². The molecule has 1 fully saturated rings. The van der Waals surface area contributed by atoms with E-state index in [1.54, 1.807) is 4.80 Å². The van der Waals surface area contributed by atoms with E-state index in [9.17, 15) is 0 Å². The normalized spacial score (nSPS) is 22.2. The van der Waals surface area contributed by atoms with Gasteiger partial charge in [0.05, 0.1) is 5.54 Å². The molecule has 1 atom stereocenters. The van der Waals surface area contributed by atoms with Crippen molar-refractivity contribution < 1.29 is 0 Å². The van der Waals surface area contributed by atoms with Crippen molar-refractivity contribution in [1.82, 2.24) is 25.5 Å². The third-order valence-corrected chi connectivity index (χ3v) is 2.69. The van der Waals surface area contributed by atoms with Crippen molar-refractivity contribution in [2.75, 3.05) is 13.1 Å². The van der Waals surface area contributed by atoms with Crippen molar-refractivity contribution in [3.05, 3.63) is 5.82 Å². The summed E-state index contributed by atoms with van der Waals surface area (Å²) >= 11 is 0. The molecule has 1 unspecified atom stereocenters. The monoisotopic (exact) mass is 209 g/mol. The highest BCUT2D eigenvalue weighted by Crippen LogP contribution is 2.14. The molecule has 2 rings (SSSR count). The fourth-order valence-corrected chi connectivity index (χ4v) is 1.76. The molecular weight excluding hydrogens is 190 g/mol. The highest BCUT2D eigenvalue weighted by molar-refractivity contribution is 4.86. The Morgan fingerprint density at radius 2 is 2.27 bits per heavy atom. The Kier molecular flexibility index (Phi) is 2.73. The van der Waals surface area contributed by atoms with Crippen LogP contribution in [0.4, 0.5) is 0 Å². The maximum Gasteiger partial charge on any atom is 0.175 e. The van der Waals surface area contributed by atoms with E-state index in [4.69, 9.17) is 0 Å². The van der Waals surface area contributed by atoms with Gasteiger partial charge in [-0.2, -0.15) is 4.80 Å². The molecular formula is C10H19N5. The zero-order valence-corrected chi connectivity index (χ0v) is 9.69. The number of aromatic nitrogens is 4. The minimum atomic E-state index is -0.0703. The summed E-state index contributed by atoms with van der Waals surface area (Å²) in [6.07, 6.45) is 2.17. The topological polar surface area (TPSA) is 55.6 Å². The molecule has 0 saturated carbocycles. The van der Waals surface area contributed by atoms with Gasteiger partial charge < -0.3 is 5.32 Å². The van der Waals surface area contributed by atoms with E-state index in [1.807, 2.05) is 0 Å². The molecule has 0 aliphatic carbocycles. The largest absolute Gasteiger partial charge is 0.316 e. The summed E-state index contributed by atoms with van der Waals surface area (Å²) < 4.78 is 0. The Bertz CT molecular complexity index is 319. The summed E-state index contributed by atoms with van der Waals surface area (Å²) in [7, 11) is 0. The maximum atomic E-state index is 4.41. The SMILES string of the molecule is CC(C)(C)n1nnc(CC2CCNC2)n1. The number of tetrazole rings is 1. The molecule has 5 nitrogen and oxygen atoms in total. The van der Waals surface area contributed by atoms with Crippen LogP contribution in [0.5, 0.6) is 0 Å². The van der Waals surface area contributed by atoms with E-state index in [2.05, 4.69) is 41.5 Å². The first-order valence-corrected chi connectivity index (χ1v) is 5.56. The average Bonchev–Trinajstić information content (AvgIpc) is 2.73. The van der Waals surface area contributed by atoms with E-state index in [0.29, 0.717) is 5.92 Å². The van der Waals surface area contributed by atoms with Crippen LogP contribution in [0.3, 0.4) is 0 Å². The molecule has 0 bridgehead atoms. The van der Waals surface area contributed by atoms with Crippen molar-refractivity contribution in [2.24, 2.45) is 5.92 Å². The molecule has 1 saturated heterocycles. The summed E-state index contributed by atoms with van der Waals surface area (Å²) in [6, 6.07) is 0. The number of nitrogens with one attached hydrogen (secondary N) is 1. The smallest absolute Gasteiger partial charge is 0.175 e. The van der Waals surface area contributed by atoms with Crippen LogP contribution >= 0.6 is 0 Å². The molecule has 0 radical (unpaired) electrons. The Morgan fingerprint density at radius 1 is 1.47 bits per heavy atom. The number of nitrogens with zero attached hydrogens (tertiary/aromatic N) is 4. The molecule has 1 aromatic heterocycles. The molecule has 1 N–H and O–H groups in total. The van der Waals surface area contributed by atoms with Gasteiger partial charge in [-0.05, 0) is 51.4 Å². The Labute approximate surface area is 90.2 Å². The fourth-order valence-electron chi connectivity index (χ4n) is 1.76. The lowest BCUT2D eigenvalue weighted by molar-refractivity contribution is 0.305. The van der Waals surface area contributed by atoms with Gasteiger partial charge in [-0.1, -0.05) is 0 Å². The van der Waals surface area contributed by atoms with E-state index >= 15 is 0 Å². The van der Waals surface area contributed by atoms with E-state index in [1.165, 1.54) is 6.42 Å². The Morgan fingerprint density at radius 3 is 2.80 bits per heavy atom. The van der Waals surface area contributed by atoms with Crippen LogP contribution in [0, 0.1) is 5.92 Å². The van der Waals surface area contributed by atoms with Crippen LogP contribution in [-0.2, 0) is 12.0 Å². The Hall–Kier alpha value is -0.970. The quantitative estimate of drug-likeness (QED) is 0.774. The lowest BCUT2D eigenvalue weighted by Crippen LogP contribution is -2.24. The molecule has 0 amide bonds. The van der Waals surface area contributed by atoms with Crippen LogP contribution in [-0.4, -0.2) is 33.3 Å². The highest BCUT2D eigenvalue weighted by atomic mass is 15.6. The minimum absolute atomic E-state index is 0.0703. The zero-order valence-electron chi connectivity index (χ0n) is 9.69. The summed E-state index contributed by atoms with van der Waals surface area (Å²) in [4.78, 5) is 1.70. The molecule has 5 heteroatoms. The molecule has 1 aromatic rings. The highest BCUT2D eigenvalue weighted by Gasteiger charge is 2.20. The molecule has 1 aliphatic rings. The van der Waals surface area contributed by atoms with E-state index in [-0.39, 0.29) is 5.54 Å². The van der Waals surface area contributed by atoms with Gasteiger partial charge in [-0.25, -0.2) is 0 Å². The van der Waals surface area contributed by atoms with Crippen molar-refractivity contribution >= 4 is 0 Å². The third-order valence-electron chi connectivity index (χ3n) is 2.69. The average molecular weight is 209 g/mol. The molecule has 15 heavy (non-hydrogen) atoms. The molecule has 2 heterocycles. The maximum absolute atomic E-state index is 4.41. The number of rotatable bonds is 2. The van der Waals surface area contributed by atoms with E-state index < -0.39 is 0 Å². The molecule has 1 aliphatic heterocycles. The van der Waals surface area contributed by atoms with Gasteiger partial charge in [0, 0.05) is 6.42 Å². The van der Waals surface area contributed by atoms with Gasteiger partial charge in [0.25, 0.3) is 0 Å². The van der Waals surface area contributed by atoms with Gasteiger partial charge in [-0.3, -0.25) is 0 Å². The number of hydrogen-bond acceptors (Lipinski definition) is 4. The van der Waals surface area contributed by atoms with Crippen molar-refractivity contribution in [3.63, 3.8) is 0 Å². The first-order chi connectivity index (χ1) is 7.05. The third kappa shape index (κ3) is 2.53. The standard InChI is InChI=1S/C10H19N5/c1-10(2,3)15-13-9(12-14-15)6-8-4-5-11-7-8/h8,11H,4-7H2,1-3H3. The van der Waals surface area contributed by atoms with Crippen molar-refractivity contribution in [2.45, 2.75) is 39.2 Å². The molecule has 0 aromatic carbocycles. The van der Waals surface area contributed by atoms with Crippen LogP contribution < -0.4 is 5.32 Å². The lowest BCUT2D eigenvalue weighted by Gasteiger charge is -2.15. The van der Waals surface area contributed by atoms with E-state index in [0.717, 1.165) is 25.3 Å². The summed E-state index contributed by atoms with van der Waals surface area (Å²) in [5.74, 6) is 1.56. The number of hydrogen-bond donors (Lipinski definition) is 1. The summed E-state index contributed by atoms with van der Waals surface area (Å²) in [5, 5.41) is 15.9. The molecule has 0 spiro atoms. The molecule has 84 valence electrons. The van der Waals surface area contributed by atoms with Crippen molar-refractivity contribution in [3.8, 4) is 0 Å². The second-order valence-corrected chi connectivity index (χ2v) is 5.23. The van der Waals surface area contributed by atoms with Crippen molar-refractivity contribution in [1.29, 1.82) is 0 Å². The zero-order chi connectivity index (χ0) is 10.9. The fraction of sp³-hybridized carbons (Fsp3) is 0.900. The second kappa shape index (κ2) is 3.89. The minimum Gasteiger partial charge on any atom is -0.316 e. The lowest BCUT2D eigenvalue weighted by atomic mass is 10.1. The van der Waals surface area contributed by atoms with Crippen LogP contribution in [0.15, 0.2) is 0 Å². The Balaban J connectivity index is 2.00. The van der Waals surface area contributed by atoms with Gasteiger partial charge in [-0.15, -0.1) is 10.2 Å². The second-order valence-electron chi connectivity index (χ2n) is 5.23. The van der Waals surface area contributed by atoms with Gasteiger partial charge >= 0.3 is 0 Å².